The van der Waals surface area contributed by atoms with Gasteiger partial charge in [0.1, 0.15) is 5.00 Å². The van der Waals surface area contributed by atoms with Crippen LogP contribution in [-0.2, 0) is 6.54 Å². The van der Waals surface area contributed by atoms with E-state index in [0.717, 1.165) is 10.6 Å². The number of thiophene rings is 1. The van der Waals surface area contributed by atoms with Gasteiger partial charge in [-0.2, -0.15) is 0 Å². The molecular formula is C15H18N2O2S. The molecule has 1 heterocycles. The van der Waals surface area contributed by atoms with E-state index >= 15 is 0 Å². The van der Waals surface area contributed by atoms with Gasteiger partial charge in [-0.05, 0) is 12.5 Å². The first-order valence-corrected chi connectivity index (χ1v) is 7.11. The molecule has 0 bridgehead atoms. The number of hydrogen-bond donors (Lipinski definition) is 2. The van der Waals surface area contributed by atoms with Gasteiger partial charge in [-0.3, -0.25) is 4.79 Å². The zero-order valence-electron chi connectivity index (χ0n) is 11.8. The Kier molecular flexibility index (Phi) is 4.29. The van der Waals surface area contributed by atoms with Crippen molar-refractivity contribution in [1.82, 2.24) is 0 Å². The zero-order valence-corrected chi connectivity index (χ0v) is 12.6. The molecule has 4 nitrogen and oxygen atoms in total. The number of Topliss-reactive ketones (excluding diaryl/α,β-unsaturated/α-hetero) is 1. The monoisotopic (exact) mass is 290 g/mol. The zero-order chi connectivity index (χ0) is 14.7. The Hall–Kier alpha value is -2.01. The fourth-order valence-corrected chi connectivity index (χ4v) is 2.88. The van der Waals surface area contributed by atoms with Crippen LogP contribution in [0.15, 0.2) is 24.3 Å². The summed E-state index contributed by atoms with van der Waals surface area (Å²) in [6.45, 7) is 4.22. The Labute approximate surface area is 122 Å². The van der Waals surface area contributed by atoms with Gasteiger partial charge in [-0.25, -0.2) is 0 Å². The topological polar surface area (TPSA) is 64.3 Å². The van der Waals surface area contributed by atoms with E-state index in [9.17, 15) is 4.79 Å². The van der Waals surface area contributed by atoms with Crippen LogP contribution in [0.1, 0.15) is 27.7 Å². The molecule has 106 valence electrons. The Morgan fingerprint density at radius 3 is 2.55 bits per heavy atom. The lowest BCUT2D eigenvalue weighted by Gasteiger charge is -2.07. The summed E-state index contributed by atoms with van der Waals surface area (Å²) in [5, 5.41) is 4.07. The van der Waals surface area contributed by atoms with Crippen LogP contribution in [0.5, 0.6) is 5.75 Å². The maximum atomic E-state index is 11.5. The molecule has 1 aromatic carbocycles. The van der Waals surface area contributed by atoms with Crippen LogP contribution < -0.4 is 15.8 Å². The van der Waals surface area contributed by atoms with E-state index in [1.54, 1.807) is 7.11 Å². The van der Waals surface area contributed by atoms with Gasteiger partial charge in [0.2, 0.25) is 0 Å². The van der Waals surface area contributed by atoms with Crippen LogP contribution >= 0.6 is 11.3 Å². The molecule has 0 fully saturated rings. The fourth-order valence-electron chi connectivity index (χ4n) is 1.90. The number of rotatable bonds is 5. The summed E-state index contributed by atoms with van der Waals surface area (Å²) < 4.78 is 5.29. The second-order valence-electron chi connectivity index (χ2n) is 4.60. The summed E-state index contributed by atoms with van der Waals surface area (Å²) in [6.07, 6.45) is 0. The normalized spacial score (nSPS) is 10.3. The second kappa shape index (κ2) is 5.96. The molecule has 0 saturated heterocycles. The van der Waals surface area contributed by atoms with E-state index in [1.165, 1.54) is 23.8 Å². The standard InChI is InChI=1S/C15H18N2O2S/c1-9-4-6-11(7-5-9)8-17-15-13(19-3)12(16)14(20-15)10(2)18/h4-7,17H,8,16H2,1-3H3. The van der Waals surface area contributed by atoms with Gasteiger partial charge in [0.05, 0.1) is 17.7 Å². The Balaban J connectivity index is 2.18. The fraction of sp³-hybridized carbons (Fsp3) is 0.267. The highest BCUT2D eigenvalue weighted by atomic mass is 32.1. The molecule has 2 aromatic rings. The van der Waals surface area contributed by atoms with Crippen molar-refractivity contribution in [2.24, 2.45) is 0 Å². The van der Waals surface area contributed by atoms with Crippen molar-refractivity contribution >= 4 is 27.8 Å². The summed E-state index contributed by atoms with van der Waals surface area (Å²) in [6, 6.07) is 8.27. The van der Waals surface area contributed by atoms with Crippen LogP contribution in [-0.4, -0.2) is 12.9 Å². The number of nitrogen functional groups attached to an aromatic ring is 1. The van der Waals surface area contributed by atoms with Crippen molar-refractivity contribution in [1.29, 1.82) is 0 Å². The van der Waals surface area contributed by atoms with Gasteiger partial charge < -0.3 is 15.8 Å². The minimum Gasteiger partial charge on any atom is -0.492 e. The van der Waals surface area contributed by atoms with Gasteiger partial charge in [0, 0.05) is 13.5 Å². The third kappa shape index (κ3) is 2.93. The van der Waals surface area contributed by atoms with Gasteiger partial charge >= 0.3 is 0 Å². The number of hydrogen-bond acceptors (Lipinski definition) is 5. The highest BCUT2D eigenvalue weighted by Gasteiger charge is 2.19. The molecule has 0 spiro atoms. The number of ether oxygens (including phenoxy) is 1. The Bertz CT molecular complexity index is 618. The van der Waals surface area contributed by atoms with Crippen molar-refractivity contribution in [3.63, 3.8) is 0 Å². The lowest BCUT2D eigenvalue weighted by Crippen LogP contribution is -2.00. The van der Waals surface area contributed by atoms with E-state index in [4.69, 9.17) is 10.5 Å². The summed E-state index contributed by atoms with van der Waals surface area (Å²) in [4.78, 5) is 12.0. The number of ketones is 1. The largest absolute Gasteiger partial charge is 0.492 e. The van der Waals surface area contributed by atoms with E-state index in [1.807, 2.05) is 0 Å². The van der Waals surface area contributed by atoms with Gasteiger partial charge in [-0.15, -0.1) is 11.3 Å². The van der Waals surface area contributed by atoms with Gasteiger partial charge in [-0.1, -0.05) is 29.8 Å². The summed E-state index contributed by atoms with van der Waals surface area (Å²) in [5.41, 5.74) is 8.73. The van der Waals surface area contributed by atoms with Gasteiger partial charge in [0.25, 0.3) is 0 Å². The molecular weight excluding hydrogens is 272 g/mol. The third-order valence-corrected chi connectivity index (χ3v) is 4.24. The average Bonchev–Trinajstić information content (AvgIpc) is 2.74. The van der Waals surface area contributed by atoms with Crippen molar-refractivity contribution < 1.29 is 9.53 Å². The minimum absolute atomic E-state index is 0.0471. The molecule has 0 aliphatic heterocycles. The number of benzene rings is 1. The highest BCUT2D eigenvalue weighted by Crippen LogP contribution is 2.42. The third-order valence-electron chi connectivity index (χ3n) is 3.00. The molecule has 3 N–H and O–H groups in total. The lowest BCUT2D eigenvalue weighted by atomic mass is 10.1. The first-order chi connectivity index (χ1) is 9.52. The molecule has 0 aliphatic carbocycles. The molecule has 0 radical (unpaired) electrons. The first kappa shape index (κ1) is 14.4. The number of nitrogens with two attached hydrogens (primary N) is 1. The molecule has 20 heavy (non-hydrogen) atoms. The van der Waals surface area contributed by atoms with Crippen molar-refractivity contribution in [3.8, 4) is 5.75 Å². The van der Waals surface area contributed by atoms with E-state index in [-0.39, 0.29) is 5.78 Å². The number of anilines is 2. The predicted octanol–water partition coefficient (Wildman–Crippen LogP) is 3.46. The number of carbonyl (C=O) groups excluding carboxylic acids is 1. The average molecular weight is 290 g/mol. The van der Waals surface area contributed by atoms with Crippen molar-refractivity contribution in [3.05, 3.63) is 40.3 Å². The van der Waals surface area contributed by atoms with Crippen LogP contribution in [0.2, 0.25) is 0 Å². The lowest BCUT2D eigenvalue weighted by molar-refractivity contribution is 0.102. The maximum absolute atomic E-state index is 11.5. The summed E-state index contributed by atoms with van der Waals surface area (Å²) in [7, 11) is 1.55. The molecule has 0 unspecified atom stereocenters. The van der Waals surface area contributed by atoms with Crippen molar-refractivity contribution in [2.75, 3.05) is 18.2 Å². The highest BCUT2D eigenvalue weighted by molar-refractivity contribution is 7.19. The molecule has 0 saturated carbocycles. The first-order valence-electron chi connectivity index (χ1n) is 6.29. The number of aryl methyl sites for hydroxylation is 1. The quantitative estimate of drug-likeness (QED) is 0.828. The van der Waals surface area contributed by atoms with Crippen LogP contribution in [0, 0.1) is 6.92 Å². The number of nitrogens with one attached hydrogen (secondary N) is 1. The van der Waals surface area contributed by atoms with E-state index in [2.05, 4.69) is 36.5 Å². The van der Waals surface area contributed by atoms with Gasteiger partial charge in [0.15, 0.2) is 11.5 Å². The Morgan fingerprint density at radius 2 is 2.00 bits per heavy atom. The van der Waals surface area contributed by atoms with Crippen LogP contribution in [0.3, 0.4) is 0 Å². The molecule has 0 atom stereocenters. The van der Waals surface area contributed by atoms with Crippen LogP contribution in [0.25, 0.3) is 0 Å². The maximum Gasteiger partial charge on any atom is 0.176 e. The number of carbonyl (C=O) groups is 1. The minimum atomic E-state index is -0.0471. The molecule has 0 amide bonds. The van der Waals surface area contributed by atoms with E-state index < -0.39 is 0 Å². The predicted molar refractivity (Wildman–Crippen MR) is 83.8 cm³/mol. The molecule has 0 aliphatic rings. The molecule has 1 aromatic heterocycles. The van der Waals surface area contributed by atoms with E-state index in [0.29, 0.717) is 22.9 Å². The van der Waals surface area contributed by atoms with Crippen molar-refractivity contribution in [2.45, 2.75) is 20.4 Å². The van der Waals surface area contributed by atoms with Crippen LogP contribution in [0.4, 0.5) is 10.7 Å². The number of methoxy groups -OCH3 is 1. The SMILES string of the molecule is COc1c(NCc2ccc(C)cc2)sc(C(C)=O)c1N. The second-order valence-corrected chi connectivity index (χ2v) is 5.62. The Morgan fingerprint density at radius 1 is 1.35 bits per heavy atom. The molecule has 2 rings (SSSR count). The summed E-state index contributed by atoms with van der Waals surface area (Å²) in [5.74, 6) is 0.501. The molecule has 5 heteroatoms. The summed E-state index contributed by atoms with van der Waals surface area (Å²) >= 11 is 1.33. The smallest absolute Gasteiger partial charge is 0.176 e.